The summed E-state index contributed by atoms with van der Waals surface area (Å²) in [6.07, 6.45) is -3.76. The molecule has 0 aliphatic heterocycles. The Hall–Kier alpha value is -1.52. The standard InChI is InChI=1S/C14H17F3O2/c1-10(2)9-19-13(18)8-5-11-3-6-12(7-4-11)14(15,16)17/h3-4,6-7,10H,5,8-9H2,1-2H3. The normalized spacial score (nSPS) is 11.7. The van der Waals surface area contributed by atoms with E-state index >= 15 is 0 Å². The van der Waals surface area contributed by atoms with Gasteiger partial charge in [-0.2, -0.15) is 13.2 Å². The first kappa shape index (κ1) is 15.5. The van der Waals surface area contributed by atoms with Crippen molar-refractivity contribution in [2.45, 2.75) is 32.9 Å². The second kappa shape index (κ2) is 6.59. The van der Waals surface area contributed by atoms with Crippen molar-refractivity contribution in [3.63, 3.8) is 0 Å². The monoisotopic (exact) mass is 274 g/mol. The van der Waals surface area contributed by atoms with Crippen LogP contribution in [-0.4, -0.2) is 12.6 Å². The molecule has 0 spiro atoms. The van der Waals surface area contributed by atoms with Gasteiger partial charge in [0.05, 0.1) is 12.2 Å². The molecule has 0 aliphatic rings. The maximum Gasteiger partial charge on any atom is 0.416 e. The Morgan fingerprint density at radius 3 is 2.26 bits per heavy atom. The first-order valence-electron chi connectivity index (χ1n) is 6.11. The molecule has 1 aromatic rings. The fourth-order valence-corrected chi connectivity index (χ4v) is 1.44. The van der Waals surface area contributed by atoms with E-state index in [1.807, 2.05) is 13.8 Å². The van der Waals surface area contributed by atoms with E-state index in [0.717, 1.165) is 12.1 Å². The Balaban J connectivity index is 2.44. The highest BCUT2D eigenvalue weighted by atomic mass is 19.4. The van der Waals surface area contributed by atoms with Crippen molar-refractivity contribution < 1.29 is 22.7 Å². The maximum atomic E-state index is 12.3. The number of hydrogen-bond donors (Lipinski definition) is 0. The van der Waals surface area contributed by atoms with Gasteiger partial charge in [0.25, 0.3) is 0 Å². The number of carbonyl (C=O) groups is 1. The molecule has 1 aromatic carbocycles. The summed E-state index contributed by atoms with van der Waals surface area (Å²) >= 11 is 0. The topological polar surface area (TPSA) is 26.3 Å². The number of aryl methyl sites for hydroxylation is 1. The summed E-state index contributed by atoms with van der Waals surface area (Å²) in [6, 6.07) is 4.82. The van der Waals surface area contributed by atoms with Gasteiger partial charge in [-0.05, 0) is 30.0 Å². The minimum absolute atomic E-state index is 0.179. The fourth-order valence-electron chi connectivity index (χ4n) is 1.44. The van der Waals surface area contributed by atoms with Gasteiger partial charge in [-0.15, -0.1) is 0 Å². The molecule has 0 N–H and O–H groups in total. The van der Waals surface area contributed by atoms with Crippen molar-refractivity contribution in [1.29, 1.82) is 0 Å². The quantitative estimate of drug-likeness (QED) is 0.763. The Morgan fingerprint density at radius 1 is 1.21 bits per heavy atom. The van der Waals surface area contributed by atoms with Crippen molar-refractivity contribution in [1.82, 2.24) is 0 Å². The number of carbonyl (C=O) groups excluding carboxylic acids is 1. The highest BCUT2D eigenvalue weighted by molar-refractivity contribution is 5.69. The van der Waals surface area contributed by atoms with E-state index in [1.165, 1.54) is 12.1 Å². The average molecular weight is 274 g/mol. The summed E-state index contributed by atoms with van der Waals surface area (Å²) < 4.78 is 42.0. The second-order valence-corrected chi connectivity index (χ2v) is 4.77. The van der Waals surface area contributed by atoms with Gasteiger partial charge in [0.1, 0.15) is 0 Å². The summed E-state index contributed by atoms with van der Waals surface area (Å²) in [4.78, 5) is 11.3. The van der Waals surface area contributed by atoms with E-state index in [1.54, 1.807) is 0 Å². The third-order valence-corrected chi connectivity index (χ3v) is 2.48. The molecular weight excluding hydrogens is 257 g/mol. The van der Waals surface area contributed by atoms with Crippen molar-refractivity contribution in [2.75, 3.05) is 6.61 Å². The number of rotatable bonds is 5. The molecule has 0 aromatic heterocycles. The number of hydrogen-bond acceptors (Lipinski definition) is 2. The number of alkyl halides is 3. The minimum Gasteiger partial charge on any atom is -0.465 e. The Morgan fingerprint density at radius 2 is 1.79 bits per heavy atom. The molecule has 19 heavy (non-hydrogen) atoms. The predicted octanol–water partition coefficient (Wildman–Crippen LogP) is 3.84. The molecule has 106 valence electrons. The zero-order valence-corrected chi connectivity index (χ0v) is 11.0. The van der Waals surface area contributed by atoms with Gasteiger partial charge in [-0.1, -0.05) is 26.0 Å². The SMILES string of the molecule is CC(C)COC(=O)CCc1ccc(C(F)(F)F)cc1. The Labute approximate surface area is 110 Å². The van der Waals surface area contributed by atoms with E-state index in [9.17, 15) is 18.0 Å². The first-order valence-corrected chi connectivity index (χ1v) is 6.11. The molecule has 0 fully saturated rings. The van der Waals surface area contributed by atoms with Gasteiger partial charge in [-0.3, -0.25) is 4.79 Å². The van der Waals surface area contributed by atoms with E-state index < -0.39 is 11.7 Å². The summed E-state index contributed by atoms with van der Waals surface area (Å²) in [7, 11) is 0. The van der Waals surface area contributed by atoms with Crippen LogP contribution in [0.15, 0.2) is 24.3 Å². The van der Waals surface area contributed by atoms with Crippen molar-refractivity contribution in [3.8, 4) is 0 Å². The molecule has 5 heteroatoms. The van der Waals surface area contributed by atoms with Gasteiger partial charge in [0, 0.05) is 6.42 Å². The fraction of sp³-hybridized carbons (Fsp3) is 0.500. The molecule has 0 saturated carbocycles. The van der Waals surface area contributed by atoms with E-state index in [4.69, 9.17) is 4.74 Å². The van der Waals surface area contributed by atoms with Gasteiger partial charge in [0.15, 0.2) is 0 Å². The molecule has 0 atom stereocenters. The second-order valence-electron chi connectivity index (χ2n) is 4.77. The predicted molar refractivity (Wildman–Crippen MR) is 65.6 cm³/mol. The molecule has 1 rings (SSSR count). The lowest BCUT2D eigenvalue weighted by Crippen LogP contribution is -2.10. The van der Waals surface area contributed by atoms with Crippen LogP contribution in [0.25, 0.3) is 0 Å². The van der Waals surface area contributed by atoms with E-state index in [0.29, 0.717) is 18.6 Å². The van der Waals surface area contributed by atoms with Crippen molar-refractivity contribution >= 4 is 5.97 Å². The molecule has 0 unspecified atom stereocenters. The van der Waals surface area contributed by atoms with Crippen LogP contribution in [0.3, 0.4) is 0 Å². The largest absolute Gasteiger partial charge is 0.465 e. The minimum atomic E-state index is -4.32. The van der Waals surface area contributed by atoms with Crippen LogP contribution >= 0.6 is 0 Å². The van der Waals surface area contributed by atoms with E-state index in [2.05, 4.69) is 0 Å². The zero-order chi connectivity index (χ0) is 14.5. The van der Waals surface area contributed by atoms with Crippen LogP contribution in [0.2, 0.25) is 0 Å². The lowest BCUT2D eigenvalue weighted by atomic mass is 10.1. The summed E-state index contributed by atoms with van der Waals surface area (Å²) in [5, 5.41) is 0. The summed E-state index contributed by atoms with van der Waals surface area (Å²) in [5.41, 5.74) is 0.00753. The average Bonchev–Trinajstić information content (AvgIpc) is 2.33. The highest BCUT2D eigenvalue weighted by Crippen LogP contribution is 2.29. The van der Waals surface area contributed by atoms with Gasteiger partial charge in [0.2, 0.25) is 0 Å². The van der Waals surface area contributed by atoms with Gasteiger partial charge < -0.3 is 4.74 Å². The number of halogens is 3. The van der Waals surface area contributed by atoms with E-state index in [-0.39, 0.29) is 18.3 Å². The van der Waals surface area contributed by atoms with Gasteiger partial charge >= 0.3 is 12.1 Å². The molecule has 0 aliphatic carbocycles. The van der Waals surface area contributed by atoms with Crippen LogP contribution in [0.1, 0.15) is 31.4 Å². The molecule has 0 bridgehead atoms. The lowest BCUT2D eigenvalue weighted by Gasteiger charge is -2.08. The Bertz CT molecular complexity index is 408. The van der Waals surface area contributed by atoms with Crippen LogP contribution in [-0.2, 0) is 22.1 Å². The highest BCUT2D eigenvalue weighted by Gasteiger charge is 2.29. The third kappa shape index (κ3) is 5.77. The molecular formula is C14H17F3O2. The zero-order valence-electron chi connectivity index (χ0n) is 11.0. The molecule has 0 amide bonds. The number of ether oxygens (including phenoxy) is 1. The first-order chi connectivity index (χ1) is 8.79. The molecule has 0 radical (unpaired) electrons. The molecule has 0 saturated heterocycles. The summed E-state index contributed by atoms with van der Waals surface area (Å²) in [6.45, 7) is 4.23. The molecule has 2 nitrogen and oxygen atoms in total. The number of esters is 1. The van der Waals surface area contributed by atoms with Crippen LogP contribution in [0.4, 0.5) is 13.2 Å². The van der Waals surface area contributed by atoms with Gasteiger partial charge in [-0.25, -0.2) is 0 Å². The lowest BCUT2D eigenvalue weighted by molar-refractivity contribution is -0.144. The smallest absolute Gasteiger partial charge is 0.416 e. The van der Waals surface area contributed by atoms with Crippen molar-refractivity contribution in [2.24, 2.45) is 5.92 Å². The van der Waals surface area contributed by atoms with Crippen molar-refractivity contribution in [3.05, 3.63) is 35.4 Å². The number of benzene rings is 1. The summed E-state index contributed by atoms with van der Waals surface area (Å²) in [5.74, 6) is -0.0522. The third-order valence-electron chi connectivity index (χ3n) is 2.48. The Kier molecular flexibility index (Phi) is 5.39. The van der Waals surface area contributed by atoms with Crippen LogP contribution in [0.5, 0.6) is 0 Å². The van der Waals surface area contributed by atoms with Crippen LogP contribution < -0.4 is 0 Å². The molecule has 0 heterocycles. The maximum absolute atomic E-state index is 12.3. The van der Waals surface area contributed by atoms with Crippen LogP contribution in [0, 0.1) is 5.92 Å².